The number of halogens is 4. The molecule has 0 N–H and O–H groups in total. The topological polar surface area (TPSA) is 46.6 Å². The quantitative estimate of drug-likeness (QED) is 0.460. The lowest BCUT2D eigenvalue weighted by atomic mass is 10.00. The summed E-state index contributed by atoms with van der Waals surface area (Å²) in [5.74, 6) is -0.527. The Hall–Kier alpha value is -2.80. The van der Waals surface area contributed by atoms with Gasteiger partial charge in [-0.3, -0.25) is 9.59 Å². The molecule has 0 aromatic heterocycles. The van der Waals surface area contributed by atoms with Crippen LogP contribution < -0.4 is 4.74 Å². The summed E-state index contributed by atoms with van der Waals surface area (Å²) in [6.45, 7) is 0.377. The molecule has 30 heavy (non-hydrogen) atoms. The highest BCUT2D eigenvalue weighted by molar-refractivity contribution is 6.30. The Morgan fingerprint density at radius 2 is 1.83 bits per heavy atom. The molecule has 1 amide bonds. The maximum atomic E-state index is 13.2. The van der Waals surface area contributed by atoms with E-state index in [-0.39, 0.29) is 11.5 Å². The molecule has 0 aliphatic carbocycles. The van der Waals surface area contributed by atoms with Crippen molar-refractivity contribution < 1.29 is 27.5 Å². The summed E-state index contributed by atoms with van der Waals surface area (Å²) in [5, 5.41) is 0.488. The van der Waals surface area contributed by atoms with Gasteiger partial charge in [-0.25, -0.2) is 0 Å². The molecular formula is C22H19ClF3NO3. The van der Waals surface area contributed by atoms with E-state index in [0.29, 0.717) is 35.5 Å². The van der Waals surface area contributed by atoms with Crippen molar-refractivity contribution in [3.63, 3.8) is 0 Å². The first-order valence-electron chi connectivity index (χ1n) is 9.24. The average Bonchev–Trinajstić information content (AvgIpc) is 3.21. The van der Waals surface area contributed by atoms with Crippen LogP contribution in [0.25, 0.3) is 0 Å². The van der Waals surface area contributed by atoms with Crippen molar-refractivity contribution in [1.82, 2.24) is 4.90 Å². The smallest absolute Gasteiger partial charge is 0.416 e. The van der Waals surface area contributed by atoms with E-state index < -0.39 is 23.7 Å². The maximum absolute atomic E-state index is 13.2. The zero-order chi connectivity index (χ0) is 21.9. The number of methoxy groups -OCH3 is 1. The number of alkyl halides is 3. The lowest BCUT2D eigenvalue weighted by Gasteiger charge is -2.26. The van der Waals surface area contributed by atoms with Gasteiger partial charge in [0.25, 0.3) is 0 Å². The highest BCUT2D eigenvalue weighted by Crippen LogP contribution is 2.40. The molecule has 158 valence electrons. The number of hydrogen-bond acceptors (Lipinski definition) is 3. The summed E-state index contributed by atoms with van der Waals surface area (Å²) in [7, 11) is 1.37. The van der Waals surface area contributed by atoms with Crippen molar-refractivity contribution >= 4 is 23.3 Å². The number of ketones is 1. The third-order valence-corrected chi connectivity index (χ3v) is 5.21. The second-order valence-electron chi connectivity index (χ2n) is 6.85. The molecule has 0 spiro atoms. The first kappa shape index (κ1) is 21.9. The number of allylic oxidation sites excluding steroid dienone is 1. The van der Waals surface area contributed by atoms with Crippen molar-refractivity contribution in [3.8, 4) is 5.75 Å². The number of ether oxygens (including phenoxy) is 1. The van der Waals surface area contributed by atoms with Gasteiger partial charge in [-0.1, -0.05) is 11.6 Å². The lowest BCUT2D eigenvalue weighted by molar-refractivity contribution is -0.137. The molecule has 8 heteroatoms. The van der Waals surface area contributed by atoms with Crippen LogP contribution in [0, 0.1) is 0 Å². The van der Waals surface area contributed by atoms with Gasteiger partial charge in [-0.05, 0) is 61.4 Å². The van der Waals surface area contributed by atoms with E-state index >= 15 is 0 Å². The highest BCUT2D eigenvalue weighted by Gasteiger charge is 2.35. The van der Waals surface area contributed by atoms with E-state index in [0.717, 1.165) is 24.3 Å². The summed E-state index contributed by atoms with van der Waals surface area (Å²) < 4.78 is 44.7. The number of rotatable bonds is 5. The molecule has 0 bridgehead atoms. The number of hydrogen-bond donors (Lipinski definition) is 0. The van der Waals surface area contributed by atoms with Gasteiger partial charge < -0.3 is 9.64 Å². The summed E-state index contributed by atoms with van der Waals surface area (Å²) in [6, 6.07) is 8.91. The molecule has 1 saturated heterocycles. The number of nitrogens with zero attached hydrogens (tertiary/aromatic N) is 1. The number of carbonyl (C=O) groups is 2. The molecule has 1 heterocycles. The predicted molar refractivity (Wildman–Crippen MR) is 107 cm³/mol. The third kappa shape index (κ3) is 4.84. The van der Waals surface area contributed by atoms with E-state index in [1.165, 1.54) is 18.1 Å². The van der Waals surface area contributed by atoms with Crippen LogP contribution in [0.2, 0.25) is 5.02 Å². The molecule has 0 radical (unpaired) electrons. The average molecular weight is 438 g/mol. The van der Waals surface area contributed by atoms with Crippen molar-refractivity contribution in [2.24, 2.45) is 0 Å². The molecule has 1 aliphatic rings. The third-order valence-electron chi connectivity index (χ3n) is 4.96. The van der Waals surface area contributed by atoms with Gasteiger partial charge in [0.1, 0.15) is 5.75 Å². The SMILES string of the molecule is COc1ccc(C(F)(F)F)cc1C1CCCN1C(=O)/C=C/C(=O)c1ccc(Cl)cc1. The van der Waals surface area contributed by atoms with E-state index in [4.69, 9.17) is 16.3 Å². The van der Waals surface area contributed by atoms with Crippen molar-refractivity contribution in [2.45, 2.75) is 25.1 Å². The van der Waals surface area contributed by atoms with Gasteiger partial charge in [0, 0.05) is 28.8 Å². The van der Waals surface area contributed by atoms with Crippen LogP contribution in [0.15, 0.2) is 54.6 Å². The Morgan fingerprint density at radius 1 is 1.13 bits per heavy atom. The summed E-state index contributed by atoms with van der Waals surface area (Å²) in [6.07, 6.45) is -1.06. The van der Waals surface area contributed by atoms with E-state index in [9.17, 15) is 22.8 Å². The summed E-state index contributed by atoms with van der Waals surface area (Å²) in [4.78, 5) is 26.4. The molecule has 1 unspecified atom stereocenters. The van der Waals surface area contributed by atoms with Crippen LogP contribution in [0.3, 0.4) is 0 Å². The number of benzene rings is 2. The fourth-order valence-corrected chi connectivity index (χ4v) is 3.60. The van der Waals surface area contributed by atoms with Gasteiger partial charge in [0.2, 0.25) is 5.91 Å². The highest BCUT2D eigenvalue weighted by atomic mass is 35.5. The minimum atomic E-state index is -4.50. The van der Waals surface area contributed by atoms with Crippen LogP contribution in [0.4, 0.5) is 13.2 Å². The first-order chi connectivity index (χ1) is 14.2. The molecule has 0 saturated carbocycles. The van der Waals surface area contributed by atoms with E-state index in [1.807, 2.05) is 0 Å². The standard InChI is InChI=1S/C22H19ClF3NO3/c1-30-20-10-6-15(22(24,25)26)13-17(20)18-3-2-12-27(18)21(29)11-9-19(28)14-4-7-16(23)8-5-14/h4-11,13,18H,2-3,12H2,1H3/b11-9+. The van der Waals surface area contributed by atoms with Crippen molar-refractivity contribution in [3.05, 3.63) is 76.3 Å². The largest absolute Gasteiger partial charge is 0.496 e. The van der Waals surface area contributed by atoms with Gasteiger partial charge >= 0.3 is 6.18 Å². The molecule has 4 nitrogen and oxygen atoms in total. The molecule has 1 aliphatic heterocycles. The fourth-order valence-electron chi connectivity index (χ4n) is 3.48. The predicted octanol–water partition coefficient (Wildman–Crippen LogP) is 5.47. The van der Waals surface area contributed by atoms with Crippen molar-refractivity contribution in [2.75, 3.05) is 13.7 Å². The van der Waals surface area contributed by atoms with Crippen LogP contribution in [-0.4, -0.2) is 30.2 Å². The van der Waals surface area contributed by atoms with Crippen LogP contribution in [0.5, 0.6) is 5.75 Å². The molecule has 3 rings (SSSR count). The number of amides is 1. The number of carbonyl (C=O) groups excluding carboxylic acids is 2. The first-order valence-corrected chi connectivity index (χ1v) is 9.62. The van der Waals surface area contributed by atoms with E-state index in [1.54, 1.807) is 24.3 Å². The molecule has 2 aromatic rings. The number of likely N-dealkylation sites (tertiary alicyclic amines) is 1. The van der Waals surface area contributed by atoms with Crippen LogP contribution in [-0.2, 0) is 11.0 Å². The Morgan fingerprint density at radius 3 is 2.47 bits per heavy atom. The molecular weight excluding hydrogens is 419 g/mol. The Kier molecular flexibility index (Phi) is 6.51. The monoisotopic (exact) mass is 437 g/mol. The van der Waals surface area contributed by atoms with Gasteiger partial charge in [-0.15, -0.1) is 0 Å². The molecule has 1 atom stereocenters. The second-order valence-corrected chi connectivity index (χ2v) is 7.29. The Labute approximate surface area is 176 Å². The fraction of sp³-hybridized carbons (Fsp3) is 0.273. The van der Waals surface area contributed by atoms with Gasteiger partial charge in [-0.2, -0.15) is 13.2 Å². The Bertz CT molecular complexity index is 971. The normalized spacial score (nSPS) is 16.8. The van der Waals surface area contributed by atoms with Gasteiger partial charge in [0.15, 0.2) is 5.78 Å². The van der Waals surface area contributed by atoms with Gasteiger partial charge in [0.05, 0.1) is 18.7 Å². The lowest BCUT2D eigenvalue weighted by Crippen LogP contribution is -2.29. The van der Waals surface area contributed by atoms with Crippen LogP contribution >= 0.6 is 11.6 Å². The molecule has 2 aromatic carbocycles. The Balaban J connectivity index is 1.82. The second kappa shape index (κ2) is 8.92. The minimum absolute atomic E-state index is 0.286. The summed E-state index contributed by atoms with van der Waals surface area (Å²) >= 11 is 5.80. The zero-order valence-electron chi connectivity index (χ0n) is 16.1. The maximum Gasteiger partial charge on any atom is 0.416 e. The molecule has 1 fully saturated rings. The van der Waals surface area contributed by atoms with Crippen LogP contribution in [0.1, 0.15) is 40.4 Å². The van der Waals surface area contributed by atoms with Crippen molar-refractivity contribution in [1.29, 1.82) is 0 Å². The zero-order valence-corrected chi connectivity index (χ0v) is 16.8. The minimum Gasteiger partial charge on any atom is -0.496 e. The summed E-state index contributed by atoms with van der Waals surface area (Å²) in [5.41, 5.74) is -0.123. The van der Waals surface area contributed by atoms with E-state index in [2.05, 4.69) is 0 Å².